The molecule has 4 heteroatoms. The Morgan fingerprint density at radius 3 is 1.62 bits per heavy atom. The molecule has 0 heterocycles. The Morgan fingerprint density at radius 1 is 1.15 bits per heavy atom. The van der Waals surface area contributed by atoms with Gasteiger partial charge in [0, 0.05) is 0 Å². The fourth-order valence-electron chi connectivity index (χ4n) is 0.597. The van der Waals surface area contributed by atoms with Gasteiger partial charge >= 0.3 is 54.8 Å². The summed E-state index contributed by atoms with van der Waals surface area (Å²) in [7, 11) is 0. The molecule has 0 aromatic heterocycles. The standard InChI is InChI=1S/C6H7.3CO.Mo/c1-6-4-2-3-5-6;3*1-2;/h2,4H,3H2,1H3;;;;. The summed E-state index contributed by atoms with van der Waals surface area (Å²) in [5, 5.41) is 0. The van der Waals surface area contributed by atoms with Crippen LogP contribution in [0, 0.1) is 0 Å². The first-order valence-electron chi connectivity index (χ1n) is 2.95. The van der Waals surface area contributed by atoms with Crippen molar-refractivity contribution in [2.24, 2.45) is 0 Å². The van der Waals surface area contributed by atoms with Gasteiger partial charge in [-0.05, 0) is 0 Å². The Balaban J connectivity index is -0.000000144. The van der Waals surface area contributed by atoms with Crippen LogP contribution in [0.25, 0.3) is 0 Å². The van der Waals surface area contributed by atoms with Crippen LogP contribution in [0.2, 0.25) is 0 Å². The molecule has 0 bridgehead atoms. The summed E-state index contributed by atoms with van der Waals surface area (Å²) >= 11 is 2.11. The maximum atomic E-state index is 7.50. The molecule has 0 aliphatic heterocycles. The monoisotopic (exact) mass is 261 g/mol. The normalized spacial score (nSPS) is 11.2. The van der Waals surface area contributed by atoms with Gasteiger partial charge in [0.15, 0.2) is 0 Å². The number of hydrogen-bond donors (Lipinski definition) is 0. The first-order chi connectivity index (χ1) is 6.30. The van der Waals surface area contributed by atoms with Gasteiger partial charge in [-0.25, -0.2) is 0 Å². The van der Waals surface area contributed by atoms with Gasteiger partial charge in [-0.2, -0.15) is 0 Å². The smallest absolute Gasteiger partial charge is 0.281 e. The third-order valence-electron chi connectivity index (χ3n) is 1.11. The molecule has 1 aliphatic rings. The van der Waals surface area contributed by atoms with E-state index in [9.17, 15) is 0 Å². The number of allylic oxidation sites excluding steroid dienone is 4. The molecule has 0 saturated heterocycles. The van der Waals surface area contributed by atoms with Crippen LogP contribution in [0.15, 0.2) is 21.7 Å². The molecular formula is C9H7MoO3. The molecule has 0 amide bonds. The van der Waals surface area contributed by atoms with E-state index in [-0.39, 0.29) is 0 Å². The van der Waals surface area contributed by atoms with Crippen LogP contribution in [0.5, 0.6) is 0 Å². The van der Waals surface area contributed by atoms with E-state index in [2.05, 4.69) is 59.3 Å². The maximum absolute atomic E-state index is 7.50. The van der Waals surface area contributed by atoms with Crippen molar-refractivity contribution in [2.45, 2.75) is 13.3 Å². The minimum absolute atomic E-state index is 1.18. The number of hydrogen-bond acceptors (Lipinski definition) is 3. The molecule has 1 rings (SSSR count). The molecule has 0 spiro atoms. The van der Waals surface area contributed by atoms with Crippen molar-refractivity contribution in [3.63, 3.8) is 0 Å². The molecule has 0 unspecified atom stereocenters. The van der Waals surface area contributed by atoms with Gasteiger partial charge in [-0.15, -0.1) is 0 Å². The largest absolute Gasteiger partial charge is 0.281 e. The second kappa shape index (κ2) is 17.3. The van der Waals surface area contributed by atoms with E-state index >= 15 is 0 Å². The summed E-state index contributed by atoms with van der Waals surface area (Å²) in [6.07, 6.45) is 5.56. The number of carbonyl (C=O) groups excluding carboxylic acids is 3. The third-order valence-corrected chi connectivity index (χ3v) is 2.31. The molecule has 3 nitrogen and oxygen atoms in total. The van der Waals surface area contributed by atoms with E-state index < -0.39 is 0 Å². The van der Waals surface area contributed by atoms with Gasteiger partial charge in [0.25, 0.3) is 20.4 Å². The Kier molecular flexibility index (Phi) is 24.1. The van der Waals surface area contributed by atoms with Gasteiger partial charge in [0.2, 0.25) is 0 Å². The van der Waals surface area contributed by atoms with Crippen molar-refractivity contribution >= 4 is 20.4 Å². The molecule has 0 aromatic rings. The molecule has 0 N–H and O–H groups in total. The van der Waals surface area contributed by atoms with Crippen LogP contribution >= 0.6 is 0 Å². The molecule has 0 aromatic carbocycles. The van der Waals surface area contributed by atoms with Crippen molar-refractivity contribution in [2.75, 3.05) is 0 Å². The minimum Gasteiger partial charge on any atom is -0.281 e. The van der Waals surface area contributed by atoms with E-state index in [1.165, 1.54) is 16.0 Å². The fourth-order valence-corrected chi connectivity index (χ4v) is 1.00. The predicted molar refractivity (Wildman–Crippen MR) is 43.5 cm³/mol. The summed E-state index contributed by atoms with van der Waals surface area (Å²) in [6.45, 7) is 15.7. The predicted octanol–water partition coefficient (Wildman–Crippen LogP) is 0.576. The van der Waals surface area contributed by atoms with Gasteiger partial charge in [0.1, 0.15) is 0 Å². The van der Waals surface area contributed by atoms with Gasteiger partial charge in [-0.3, -0.25) is 14.4 Å². The zero-order valence-corrected chi connectivity index (χ0v) is 9.00. The van der Waals surface area contributed by atoms with Crippen molar-refractivity contribution in [1.82, 2.24) is 0 Å². The SMILES string of the molecule is CC1=[C]([Mo])CC=C1.[C]=O.[C]=O.[C]=O. The summed E-state index contributed by atoms with van der Waals surface area (Å²) in [4.78, 5) is 22.5. The first-order valence-corrected chi connectivity index (χ1v) is 3.95. The zero-order valence-electron chi connectivity index (χ0n) is 6.99. The minimum atomic E-state index is 1.18. The van der Waals surface area contributed by atoms with Crippen LogP contribution in [0.1, 0.15) is 13.3 Å². The van der Waals surface area contributed by atoms with Crippen molar-refractivity contribution in [3.8, 4) is 0 Å². The third kappa shape index (κ3) is 11.2. The maximum Gasteiger partial charge on any atom is 0.281 e. The Labute approximate surface area is 89.8 Å². The van der Waals surface area contributed by atoms with Crippen molar-refractivity contribution < 1.29 is 34.2 Å². The topological polar surface area (TPSA) is 51.2 Å². The second-order valence-corrected chi connectivity index (χ2v) is 2.92. The molecule has 0 fully saturated rings. The van der Waals surface area contributed by atoms with E-state index in [1.807, 2.05) is 0 Å². The number of rotatable bonds is 0. The van der Waals surface area contributed by atoms with Gasteiger partial charge in [-0.1, -0.05) is 0 Å². The van der Waals surface area contributed by atoms with Crippen LogP contribution in [0.4, 0.5) is 0 Å². The average molecular weight is 259 g/mol. The second-order valence-electron chi connectivity index (χ2n) is 1.71. The molecule has 6 radical (unpaired) electrons. The summed E-state index contributed by atoms with van der Waals surface area (Å²) in [5.74, 6) is 0. The van der Waals surface area contributed by atoms with E-state index in [0.29, 0.717) is 0 Å². The Morgan fingerprint density at radius 2 is 1.54 bits per heavy atom. The van der Waals surface area contributed by atoms with Crippen LogP contribution in [-0.4, -0.2) is 20.4 Å². The first kappa shape index (κ1) is 18.1. The van der Waals surface area contributed by atoms with Crippen LogP contribution in [0.3, 0.4) is 0 Å². The van der Waals surface area contributed by atoms with Crippen LogP contribution in [-0.2, 0) is 34.2 Å². The Hall–Kier alpha value is -0.822. The van der Waals surface area contributed by atoms with Crippen LogP contribution < -0.4 is 0 Å². The van der Waals surface area contributed by atoms with Gasteiger partial charge < -0.3 is 0 Å². The van der Waals surface area contributed by atoms with Crippen molar-refractivity contribution in [3.05, 3.63) is 21.7 Å². The molecule has 0 atom stereocenters. The quantitative estimate of drug-likeness (QED) is 0.598. The van der Waals surface area contributed by atoms with E-state index in [4.69, 9.17) is 14.4 Å². The summed E-state index contributed by atoms with van der Waals surface area (Å²) in [5.41, 5.74) is 1.45. The molecule has 13 heavy (non-hydrogen) atoms. The average Bonchev–Trinajstić information content (AvgIpc) is 2.61. The molecule has 1 aliphatic carbocycles. The summed E-state index contributed by atoms with van der Waals surface area (Å²) < 4.78 is 1.52. The van der Waals surface area contributed by atoms with Gasteiger partial charge in [0.05, 0.1) is 0 Å². The Bertz CT molecular complexity index is 171. The van der Waals surface area contributed by atoms with E-state index in [0.717, 1.165) is 0 Å². The van der Waals surface area contributed by atoms with Crippen molar-refractivity contribution in [1.29, 1.82) is 0 Å². The molecule has 67 valence electrons. The zero-order chi connectivity index (χ0) is 11.3. The summed E-state index contributed by atoms with van der Waals surface area (Å²) in [6, 6.07) is 0. The fraction of sp³-hybridized carbons (Fsp3) is 0.222. The molecule has 0 saturated carbocycles. The van der Waals surface area contributed by atoms with E-state index in [1.54, 1.807) is 0 Å². The molecular weight excluding hydrogens is 252 g/mol.